The second-order valence-electron chi connectivity index (χ2n) is 9.19. The summed E-state index contributed by atoms with van der Waals surface area (Å²) in [4.78, 5) is 12.5. The van der Waals surface area contributed by atoms with E-state index in [2.05, 4.69) is 6.58 Å². The maximum atomic E-state index is 15.0. The number of benzene rings is 3. The zero-order valence-electron chi connectivity index (χ0n) is 19.4. The standard InChI is InChI=1S/C29H24F4O3/c1-2-16-3-5-17(6-4-16)20-11-12-21(26(31)25(20)30)18-7-9-19(10-8-18)36-29(34)23-14-13-22(24-15-35-24)27(32)28(23)33/h2-6,11-14,18-19,24H,1,7-10,15H2. The minimum atomic E-state index is -1.25. The Morgan fingerprint density at radius 2 is 1.47 bits per heavy atom. The first-order valence-electron chi connectivity index (χ1n) is 11.9. The lowest BCUT2D eigenvalue weighted by Gasteiger charge is -2.29. The summed E-state index contributed by atoms with van der Waals surface area (Å²) in [5, 5.41) is 0. The van der Waals surface area contributed by atoms with E-state index in [1.54, 1.807) is 42.5 Å². The van der Waals surface area contributed by atoms with E-state index in [0.717, 1.165) is 5.56 Å². The van der Waals surface area contributed by atoms with Crippen LogP contribution in [-0.2, 0) is 9.47 Å². The van der Waals surface area contributed by atoms with Crippen LogP contribution in [0.4, 0.5) is 17.6 Å². The van der Waals surface area contributed by atoms with Gasteiger partial charge < -0.3 is 9.47 Å². The molecule has 3 nitrogen and oxygen atoms in total. The molecule has 1 unspecified atom stereocenters. The Labute approximate surface area is 206 Å². The van der Waals surface area contributed by atoms with Gasteiger partial charge in [0.2, 0.25) is 0 Å². The van der Waals surface area contributed by atoms with Gasteiger partial charge in [-0.05, 0) is 54.4 Å². The molecule has 186 valence electrons. The number of ether oxygens (including phenoxy) is 2. The Balaban J connectivity index is 1.23. The molecule has 2 fully saturated rings. The molecule has 2 aliphatic rings. The van der Waals surface area contributed by atoms with Crippen molar-refractivity contribution in [3.63, 3.8) is 0 Å². The molecule has 3 aromatic rings. The third-order valence-corrected chi connectivity index (χ3v) is 6.97. The second-order valence-corrected chi connectivity index (χ2v) is 9.19. The number of esters is 1. The predicted octanol–water partition coefficient (Wildman–Crippen LogP) is 7.51. The van der Waals surface area contributed by atoms with Crippen LogP contribution in [0.25, 0.3) is 17.2 Å². The molecule has 0 N–H and O–H groups in total. The molecule has 0 bridgehead atoms. The summed E-state index contributed by atoms with van der Waals surface area (Å²) in [7, 11) is 0. The van der Waals surface area contributed by atoms with Gasteiger partial charge in [-0.1, -0.05) is 55.1 Å². The third kappa shape index (κ3) is 4.67. The summed E-state index contributed by atoms with van der Waals surface area (Å²) in [6.07, 6.45) is 2.43. The molecule has 5 rings (SSSR count). The molecule has 0 spiro atoms. The summed E-state index contributed by atoms with van der Waals surface area (Å²) in [5.41, 5.74) is 1.53. The smallest absolute Gasteiger partial charge is 0.341 e. The van der Waals surface area contributed by atoms with Gasteiger partial charge in [-0.2, -0.15) is 0 Å². The van der Waals surface area contributed by atoms with Gasteiger partial charge in [0.1, 0.15) is 12.2 Å². The van der Waals surface area contributed by atoms with Crippen molar-refractivity contribution in [2.45, 2.75) is 43.8 Å². The summed E-state index contributed by atoms with van der Waals surface area (Å²) in [6, 6.07) is 12.7. The molecule has 3 aromatic carbocycles. The predicted molar refractivity (Wildman–Crippen MR) is 127 cm³/mol. The molecule has 1 aliphatic carbocycles. The van der Waals surface area contributed by atoms with E-state index in [4.69, 9.17) is 9.47 Å². The van der Waals surface area contributed by atoms with Crippen molar-refractivity contribution in [1.29, 1.82) is 0 Å². The van der Waals surface area contributed by atoms with Crippen LogP contribution in [0, 0.1) is 23.3 Å². The van der Waals surface area contributed by atoms with E-state index >= 15 is 4.39 Å². The maximum absolute atomic E-state index is 15.0. The largest absolute Gasteiger partial charge is 0.459 e. The molecule has 7 heteroatoms. The normalized spacial score (nSPS) is 21.2. The van der Waals surface area contributed by atoms with E-state index in [1.165, 1.54) is 12.1 Å². The topological polar surface area (TPSA) is 38.8 Å². The number of carbonyl (C=O) groups is 1. The van der Waals surface area contributed by atoms with Gasteiger partial charge in [-0.15, -0.1) is 0 Å². The highest BCUT2D eigenvalue weighted by Gasteiger charge is 2.33. The van der Waals surface area contributed by atoms with Gasteiger partial charge in [-0.3, -0.25) is 0 Å². The highest BCUT2D eigenvalue weighted by Crippen LogP contribution is 2.38. The van der Waals surface area contributed by atoms with Crippen LogP contribution in [0.5, 0.6) is 0 Å². The molecule has 36 heavy (non-hydrogen) atoms. The van der Waals surface area contributed by atoms with Crippen molar-refractivity contribution in [3.05, 3.63) is 101 Å². The number of rotatable bonds is 6. The Morgan fingerprint density at radius 3 is 2.11 bits per heavy atom. The summed E-state index contributed by atoms with van der Waals surface area (Å²) in [5.74, 6) is -5.31. The lowest BCUT2D eigenvalue weighted by atomic mass is 9.82. The number of epoxide rings is 1. The molecule has 1 atom stereocenters. The number of hydrogen-bond acceptors (Lipinski definition) is 3. The van der Waals surface area contributed by atoms with Crippen LogP contribution >= 0.6 is 0 Å². The Bertz CT molecular complexity index is 1310. The Kier molecular flexibility index (Phi) is 6.67. The Hall–Kier alpha value is -3.45. The SMILES string of the molecule is C=Cc1ccc(-c2ccc(C3CCC(OC(=O)c4ccc(C5CO5)c(F)c4F)CC3)c(F)c2F)cc1. The fourth-order valence-corrected chi connectivity index (χ4v) is 4.81. The molecule has 1 heterocycles. The van der Waals surface area contributed by atoms with Crippen molar-refractivity contribution >= 4 is 12.0 Å². The van der Waals surface area contributed by atoms with Crippen LogP contribution in [0.1, 0.15) is 64.8 Å². The molecule has 0 aromatic heterocycles. The monoisotopic (exact) mass is 496 g/mol. The van der Waals surface area contributed by atoms with Crippen LogP contribution in [0.15, 0.2) is 55.1 Å². The van der Waals surface area contributed by atoms with Gasteiger partial charge in [0.25, 0.3) is 0 Å². The zero-order chi connectivity index (χ0) is 25.4. The summed E-state index contributed by atoms with van der Waals surface area (Å²) in [6.45, 7) is 4.00. The van der Waals surface area contributed by atoms with E-state index in [-0.39, 0.29) is 22.6 Å². The van der Waals surface area contributed by atoms with Gasteiger partial charge in [-0.25, -0.2) is 22.4 Å². The fraction of sp³-hybridized carbons (Fsp3) is 0.276. The molecule has 1 saturated carbocycles. The van der Waals surface area contributed by atoms with Gasteiger partial charge >= 0.3 is 5.97 Å². The first-order valence-corrected chi connectivity index (χ1v) is 11.9. The minimum absolute atomic E-state index is 0.0820. The molecule has 1 saturated heterocycles. The molecule has 1 aliphatic heterocycles. The second kappa shape index (κ2) is 9.90. The lowest BCUT2D eigenvalue weighted by Crippen LogP contribution is -2.25. The fourth-order valence-electron chi connectivity index (χ4n) is 4.81. The van der Waals surface area contributed by atoms with Crippen molar-refractivity contribution in [2.75, 3.05) is 6.61 Å². The van der Waals surface area contributed by atoms with Crippen molar-refractivity contribution in [1.82, 2.24) is 0 Å². The summed E-state index contributed by atoms with van der Waals surface area (Å²) < 4.78 is 69.0. The first-order chi connectivity index (χ1) is 17.4. The van der Waals surface area contributed by atoms with Crippen molar-refractivity contribution in [2.24, 2.45) is 0 Å². The first kappa shape index (κ1) is 24.3. The lowest BCUT2D eigenvalue weighted by molar-refractivity contribution is 0.0188. The molecular weight excluding hydrogens is 472 g/mol. The van der Waals surface area contributed by atoms with Gasteiger partial charge in [0.15, 0.2) is 23.3 Å². The average molecular weight is 497 g/mol. The highest BCUT2D eigenvalue weighted by molar-refractivity contribution is 5.90. The van der Waals surface area contributed by atoms with E-state index in [1.807, 2.05) is 0 Å². The maximum Gasteiger partial charge on any atom is 0.341 e. The van der Waals surface area contributed by atoms with Crippen LogP contribution < -0.4 is 0 Å². The van der Waals surface area contributed by atoms with E-state index in [9.17, 15) is 18.0 Å². The number of carbonyl (C=O) groups excluding carboxylic acids is 1. The minimum Gasteiger partial charge on any atom is -0.459 e. The quantitative estimate of drug-likeness (QED) is 0.201. The third-order valence-electron chi connectivity index (χ3n) is 6.97. The molecular formula is C29H24F4O3. The van der Waals surface area contributed by atoms with Gasteiger partial charge in [0.05, 0.1) is 12.2 Å². The van der Waals surface area contributed by atoms with Gasteiger partial charge in [0, 0.05) is 11.1 Å². The van der Waals surface area contributed by atoms with Crippen LogP contribution in [0.3, 0.4) is 0 Å². The number of halogens is 4. The van der Waals surface area contributed by atoms with E-state index in [0.29, 0.717) is 37.9 Å². The van der Waals surface area contributed by atoms with Crippen LogP contribution in [-0.4, -0.2) is 18.7 Å². The van der Waals surface area contributed by atoms with Crippen LogP contribution in [0.2, 0.25) is 0 Å². The van der Waals surface area contributed by atoms with Crippen molar-refractivity contribution in [3.8, 4) is 11.1 Å². The number of hydrogen-bond donors (Lipinski definition) is 0. The van der Waals surface area contributed by atoms with Crippen molar-refractivity contribution < 1.29 is 31.8 Å². The van der Waals surface area contributed by atoms with E-state index < -0.39 is 47.0 Å². The highest BCUT2D eigenvalue weighted by atomic mass is 19.2. The Morgan fingerprint density at radius 1 is 0.833 bits per heavy atom. The summed E-state index contributed by atoms with van der Waals surface area (Å²) >= 11 is 0. The molecule has 0 amide bonds. The average Bonchev–Trinajstić information content (AvgIpc) is 3.73. The zero-order valence-corrected chi connectivity index (χ0v) is 19.4. The molecule has 0 radical (unpaired) electrons.